The third-order valence-corrected chi connectivity index (χ3v) is 3.40. The SMILES string of the molecule is O=C(O)c1cc(Br)ccc1-c1cccs1. The van der Waals surface area contributed by atoms with Gasteiger partial charge in [0.2, 0.25) is 0 Å². The average molecular weight is 283 g/mol. The zero-order valence-electron chi connectivity index (χ0n) is 7.61. The predicted molar refractivity (Wildman–Crippen MR) is 64.4 cm³/mol. The molecule has 2 aromatic rings. The summed E-state index contributed by atoms with van der Waals surface area (Å²) in [6.45, 7) is 0. The molecular weight excluding hydrogens is 276 g/mol. The maximum atomic E-state index is 11.1. The molecule has 15 heavy (non-hydrogen) atoms. The molecule has 0 bridgehead atoms. The Labute approximate surface area is 99.3 Å². The maximum Gasteiger partial charge on any atom is 0.336 e. The van der Waals surface area contributed by atoms with Gasteiger partial charge in [-0.2, -0.15) is 0 Å². The Bertz CT molecular complexity index is 491. The van der Waals surface area contributed by atoms with Gasteiger partial charge in [0.15, 0.2) is 0 Å². The largest absolute Gasteiger partial charge is 0.478 e. The van der Waals surface area contributed by atoms with Crippen LogP contribution in [-0.2, 0) is 0 Å². The number of carboxylic acid groups (broad SMARTS) is 1. The van der Waals surface area contributed by atoms with Crippen molar-refractivity contribution in [3.8, 4) is 10.4 Å². The molecule has 76 valence electrons. The minimum absolute atomic E-state index is 0.326. The zero-order chi connectivity index (χ0) is 10.8. The summed E-state index contributed by atoms with van der Waals surface area (Å²) in [5.74, 6) is -0.903. The second-order valence-corrected chi connectivity index (χ2v) is 4.84. The van der Waals surface area contributed by atoms with E-state index in [1.807, 2.05) is 29.6 Å². The molecule has 0 aliphatic heterocycles. The van der Waals surface area contributed by atoms with Crippen molar-refractivity contribution >= 4 is 33.2 Å². The van der Waals surface area contributed by atoms with E-state index in [2.05, 4.69) is 15.9 Å². The highest BCUT2D eigenvalue weighted by Crippen LogP contribution is 2.30. The first kappa shape index (κ1) is 10.4. The number of carboxylic acids is 1. The molecule has 0 amide bonds. The molecule has 0 saturated carbocycles. The van der Waals surface area contributed by atoms with Gasteiger partial charge in [0.1, 0.15) is 0 Å². The standard InChI is InChI=1S/C11H7BrO2S/c12-7-3-4-8(9(6-7)11(13)14)10-2-1-5-15-10/h1-6H,(H,13,14). The average Bonchev–Trinajstić information content (AvgIpc) is 2.70. The van der Waals surface area contributed by atoms with E-state index in [4.69, 9.17) is 5.11 Å². The first-order valence-corrected chi connectivity index (χ1v) is 5.92. The Morgan fingerprint density at radius 1 is 1.33 bits per heavy atom. The number of carbonyl (C=O) groups is 1. The molecule has 2 nitrogen and oxygen atoms in total. The summed E-state index contributed by atoms with van der Waals surface area (Å²) in [6.07, 6.45) is 0. The minimum atomic E-state index is -0.903. The quantitative estimate of drug-likeness (QED) is 0.908. The van der Waals surface area contributed by atoms with E-state index >= 15 is 0 Å². The van der Waals surface area contributed by atoms with Gasteiger partial charge in [-0.1, -0.05) is 28.1 Å². The smallest absolute Gasteiger partial charge is 0.336 e. The molecule has 1 N–H and O–H groups in total. The second-order valence-electron chi connectivity index (χ2n) is 2.97. The Morgan fingerprint density at radius 3 is 2.73 bits per heavy atom. The van der Waals surface area contributed by atoms with Gasteiger partial charge in [0, 0.05) is 14.9 Å². The normalized spacial score (nSPS) is 10.2. The van der Waals surface area contributed by atoms with Crippen LogP contribution >= 0.6 is 27.3 Å². The Hall–Kier alpha value is -1.13. The highest BCUT2D eigenvalue weighted by atomic mass is 79.9. The van der Waals surface area contributed by atoms with E-state index in [-0.39, 0.29) is 0 Å². The molecule has 1 heterocycles. The topological polar surface area (TPSA) is 37.3 Å². The number of thiophene rings is 1. The first-order valence-electron chi connectivity index (χ1n) is 4.25. The molecule has 0 aliphatic carbocycles. The third-order valence-electron chi connectivity index (χ3n) is 2.00. The molecular formula is C11H7BrO2S. The van der Waals surface area contributed by atoms with Gasteiger partial charge in [-0.05, 0) is 23.6 Å². The Kier molecular flexibility index (Phi) is 2.88. The van der Waals surface area contributed by atoms with Crippen LogP contribution < -0.4 is 0 Å². The first-order chi connectivity index (χ1) is 7.18. The number of rotatable bonds is 2. The number of hydrogen-bond acceptors (Lipinski definition) is 2. The molecule has 1 aromatic heterocycles. The lowest BCUT2D eigenvalue weighted by molar-refractivity contribution is 0.0697. The van der Waals surface area contributed by atoms with Gasteiger partial charge < -0.3 is 5.11 Å². The number of halogens is 1. The van der Waals surface area contributed by atoms with Crippen LogP contribution in [0.3, 0.4) is 0 Å². The molecule has 0 unspecified atom stereocenters. The van der Waals surface area contributed by atoms with E-state index in [0.29, 0.717) is 5.56 Å². The molecule has 0 saturated heterocycles. The van der Waals surface area contributed by atoms with Crippen LogP contribution in [0.25, 0.3) is 10.4 Å². The van der Waals surface area contributed by atoms with E-state index in [9.17, 15) is 4.79 Å². The number of hydrogen-bond donors (Lipinski definition) is 1. The number of benzene rings is 1. The van der Waals surface area contributed by atoms with E-state index in [1.165, 1.54) is 11.3 Å². The summed E-state index contributed by atoms with van der Waals surface area (Å²) in [6, 6.07) is 9.12. The summed E-state index contributed by atoms with van der Waals surface area (Å²) in [5, 5.41) is 11.0. The van der Waals surface area contributed by atoms with Gasteiger partial charge in [0.05, 0.1) is 5.56 Å². The molecule has 1 aromatic carbocycles. The summed E-state index contributed by atoms with van der Waals surface area (Å²) >= 11 is 4.80. The van der Waals surface area contributed by atoms with Crippen LogP contribution in [0.4, 0.5) is 0 Å². The Morgan fingerprint density at radius 2 is 2.13 bits per heavy atom. The highest BCUT2D eigenvalue weighted by Gasteiger charge is 2.12. The van der Waals surface area contributed by atoms with Crippen molar-refractivity contribution in [2.45, 2.75) is 0 Å². The lowest BCUT2D eigenvalue weighted by Crippen LogP contribution is -1.98. The molecule has 0 spiro atoms. The van der Waals surface area contributed by atoms with Crippen LogP contribution in [0.2, 0.25) is 0 Å². The molecule has 0 aliphatic rings. The zero-order valence-corrected chi connectivity index (χ0v) is 10.0. The van der Waals surface area contributed by atoms with Crippen LogP contribution in [0.15, 0.2) is 40.2 Å². The van der Waals surface area contributed by atoms with Crippen LogP contribution in [0, 0.1) is 0 Å². The number of aromatic carboxylic acids is 1. The Balaban J connectivity index is 2.61. The van der Waals surface area contributed by atoms with Crippen molar-refractivity contribution < 1.29 is 9.90 Å². The van der Waals surface area contributed by atoms with Crippen molar-refractivity contribution in [2.75, 3.05) is 0 Å². The van der Waals surface area contributed by atoms with Crippen molar-refractivity contribution in [1.82, 2.24) is 0 Å². The second kappa shape index (κ2) is 4.16. The molecule has 0 radical (unpaired) electrons. The fourth-order valence-electron chi connectivity index (χ4n) is 1.34. The molecule has 2 rings (SSSR count). The molecule has 4 heteroatoms. The van der Waals surface area contributed by atoms with Gasteiger partial charge >= 0.3 is 5.97 Å². The van der Waals surface area contributed by atoms with Crippen molar-refractivity contribution in [3.63, 3.8) is 0 Å². The van der Waals surface area contributed by atoms with Crippen molar-refractivity contribution in [1.29, 1.82) is 0 Å². The van der Waals surface area contributed by atoms with Crippen LogP contribution in [0.5, 0.6) is 0 Å². The highest BCUT2D eigenvalue weighted by molar-refractivity contribution is 9.10. The summed E-state index contributed by atoms with van der Waals surface area (Å²) in [7, 11) is 0. The summed E-state index contributed by atoms with van der Waals surface area (Å²) in [5.41, 5.74) is 1.09. The summed E-state index contributed by atoms with van der Waals surface area (Å²) < 4.78 is 0.778. The van der Waals surface area contributed by atoms with Gasteiger partial charge in [-0.15, -0.1) is 11.3 Å². The maximum absolute atomic E-state index is 11.1. The van der Waals surface area contributed by atoms with E-state index < -0.39 is 5.97 Å². The summed E-state index contributed by atoms with van der Waals surface area (Å²) in [4.78, 5) is 12.0. The van der Waals surface area contributed by atoms with Gasteiger partial charge in [-0.3, -0.25) is 0 Å². The monoisotopic (exact) mass is 282 g/mol. The van der Waals surface area contributed by atoms with Crippen LogP contribution in [0.1, 0.15) is 10.4 Å². The van der Waals surface area contributed by atoms with Crippen molar-refractivity contribution in [2.24, 2.45) is 0 Å². The predicted octanol–water partition coefficient (Wildman–Crippen LogP) is 3.88. The minimum Gasteiger partial charge on any atom is -0.478 e. The van der Waals surface area contributed by atoms with E-state index in [1.54, 1.807) is 6.07 Å². The lowest BCUT2D eigenvalue weighted by Gasteiger charge is -2.03. The molecule has 0 fully saturated rings. The lowest BCUT2D eigenvalue weighted by atomic mass is 10.1. The fraction of sp³-hybridized carbons (Fsp3) is 0. The molecule has 0 atom stereocenters. The van der Waals surface area contributed by atoms with Gasteiger partial charge in [0.25, 0.3) is 0 Å². The van der Waals surface area contributed by atoms with Gasteiger partial charge in [-0.25, -0.2) is 4.79 Å². The van der Waals surface area contributed by atoms with Crippen LogP contribution in [-0.4, -0.2) is 11.1 Å². The van der Waals surface area contributed by atoms with Crippen molar-refractivity contribution in [3.05, 3.63) is 45.7 Å². The van der Waals surface area contributed by atoms with E-state index in [0.717, 1.165) is 14.9 Å². The fourth-order valence-corrected chi connectivity index (χ4v) is 2.47. The third kappa shape index (κ3) is 2.11.